The Balaban J connectivity index is 1.36. The van der Waals surface area contributed by atoms with Crippen LogP contribution < -0.4 is 25.4 Å². The van der Waals surface area contributed by atoms with Crippen LogP contribution in [0.2, 0.25) is 0 Å². The zero-order chi connectivity index (χ0) is 33.5. The lowest BCUT2D eigenvalue weighted by molar-refractivity contribution is -0.138. The number of aromatic nitrogens is 1. The minimum absolute atomic E-state index is 0.139. The fourth-order valence-corrected chi connectivity index (χ4v) is 5.94. The second kappa shape index (κ2) is 14.8. The lowest BCUT2D eigenvalue weighted by Crippen LogP contribution is -2.50. The molecular formula is C36H38N4O7. The van der Waals surface area contributed by atoms with Gasteiger partial charge in [-0.25, -0.2) is 0 Å². The normalized spacial score (nSPS) is 18.2. The van der Waals surface area contributed by atoms with Crippen LogP contribution in [0.4, 0.5) is 0 Å². The summed E-state index contributed by atoms with van der Waals surface area (Å²) >= 11 is 0. The molecule has 0 saturated carbocycles. The largest absolute Gasteiger partial charge is 0.454 e. The maximum absolute atomic E-state index is 13.7. The van der Waals surface area contributed by atoms with E-state index >= 15 is 0 Å². The molecule has 11 heteroatoms. The Labute approximate surface area is 273 Å². The van der Waals surface area contributed by atoms with Crippen molar-refractivity contribution in [1.29, 1.82) is 0 Å². The van der Waals surface area contributed by atoms with Crippen molar-refractivity contribution >= 4 is 35.5 Å². The molecule has 1 fully saturated rings. The van der Waals surface area contributed by atoms with Crippen molar-refractivity contribution < 1.29 is 33.4 Å². The number of rotatable bonds is 13. The number of hydrogen-bond donors (Lipinski definition) is 3. The lowest BCUT2D eigenvalue weighted by Gasteiger charge is -2.28. The van der Waals surface area contributed by atoms with Gasteiger partial charge < -0.3 is 20.1 Å². The SMILES string of the molecule is CCC(CC)C(NC(=O)CC(NC(=O)/C=C/c1ccc2c(c1)OCO2)c1ccc(-c2ccccn2)cc1)C(=O)[C@@H]1C(=O)NC(=O)[C@H]1C. The number of carbonyl (C=O) groups is 5. The van der Waals surface area contributed by atoms with Crippen molar-refractivity contribution in [3.8, 4) is 22.8 Å². The average molecular weight is 639 g/mol. The highest BCUT2D eigenvalue weighted by molar-refractivity contribution is 6.16. The number of Topliss-reactive ketones (excluding diaryl/α,β-unsaturated/α-hetero) is 1. The molecule has 47 heavy (non-hydrogen) atoms. The number of pyridine rings is 1. The van der Waals surface area contributed by atoms with Crippen molar-refractivity contribution in [2.75, 3.05) is 6.79 Å². The number of amides is 4. The smallest absolute Gasteiger partial charge is 0.244 e. The fraction of sp³-hybridized carbons (Fsp3) is 0.333. The van der Waals surface area contributed by atoms with Crippen molar-refractivity contribution in [2.24, 2.45) is 17.8 Å². The van der Waals surface area contributed by atoms with Crippen molar-refractivity contribution in [3.05, 3.63) is 84.1 Å². The molecule has 3 heterocycles. The summed E-state index contributed by atoms with van der Waals surface area (Å²) in [6.45, 7) is 5.48. The summed E-state index contributed by atoms with van der Waals surface area (Å²) in [4.78, 5) is 69.5. The molecule has 11 nitrogen and oxygen atoms in total. The maximum Gasteiger partial charge on any atom is 0.244 e. The molecule has 244 valence electrons. The molecule has 0 aliphatic carbocycles. The first-order chi connectivity index (χ1) is 22.7. The van der Waals surface area contributed by atoms with E-state index in [0.717, 1.165) is 16.8 Å². The molecule has 3 aromatic rings. The number of benzene rings is 2. The van der Waals surface area contributed by atoms with Crippen LogP contribution in [0, 0.1) is 17.8 Å². The number of imide groups is 1. The minimum Gasteiger partial charge on any atom is -0.454 e. The minimum atomic E-state index is -1.18. The van der Waals surface area contributed by atoms with Crippen LogP contribution >= 0.6 is 0 Å². The molecule has 3 N–H and O–H groups in total. The van der Waals surface area contributed by atoms with Crippen LogP contribution in [0.15, 0.2) is 72.9 Å². The van der Waals surface area contributed by atoms with E-state index in [9.17, 15) is 24.0 Å². The molecule has 0 bridgehead atoms. The van der Waals surface area contributed by atoms with Gasteiger partial charge in [-0.15, -0.1) is 0 Å². The van der Waals surface area contributed by atoms with Gasteiger partial charge in [-0.05, 0) is 47.4 Å². The first-order valence-electron chi connectivity index (χ1n) is 15.8. The molecule has 5 rings (SSSR count). The van der Waals surface area contributed by atoms with E-state index < -0.39 is 53.3 Å². The van der Waals surface area contributed by atoms with Gasteiger partial charge in [-0.3, -0.25) is 34.3 Å². The zero-order valence-electron chi connectivity index (χ0n) is 26.5. The van der Waals surface area contributed by atoms with Crippen molar-refractivity contribution in [1.82, 2.24) is 20.9 Å². The van der Waals surface area contributed by atoms with E-state index in [1.807, 2.05) is 56.3 Å². The second-order valence-corrected chi connectivity index (χ2v) is 11.7. The van der Waals surface area contributed by atoms with Crippen LogP contribution in [0.1, 0.15) is 57.2 Å². The lowest BCUT2D eigenvalue weighted by atomic mass is 9.81. The van der Waals surface area contributed by atoms with Gasteiger partial charge in [0.25, 0.3) is 0 Å². The Morgan fingerprint density at radius 1 is 0.957 bits per heavy atom. The van der Waals surface area contributed by atoms with Crippen LogP contribution in [-0.2, 0) is 24.0 Å². The Kier molecular flexibility index (Phi) is 10.4. The summed E-state index contributed by atoms with van der Waals surface area (Å²) in [6, 6.07) is 16.6. The number of nitrogens with zero attached hydrogens (tertiary/aromatic N) is 1. The monoisotopic (exact) mass is 638 g/mol. The average Bonchev–Trinajstić information content (AvgIpc) is 3.65. The van der Waals surface area contributed by atoms with Crippen LogP contribution in [0.25, 0.3) is 17.3 Å². The molecule has 0 spiro atoms. The summed E-state index contributed by atoms with van der Waals surface area (Å²) in [7, 11) is 0. The predicted octanol–water partition coefficient (Wildman–Crippen LogP) is 4.14. The third-order valence-electron chi connectivity index (χ3n) is 8.70. The highest BCUT2D eigenvalue weighted by Crippen LogP contribution is 2.33. The highest BCUT2D eigenvalue weighted by atomic mass is 16.7. The quantitative estimate of drug-likeness (QED) is 0.144. The summed E-state index contributed by atoms with van der Waals surface area (Å²) in [6.07, 6.45) is 5.68. The summed E-state index contributed by atoms with van der Waals surface area (Å²) in [5.74, 6) is -3.60. The first kappa shape index (κ1) is 33.1. The first-order valence-corrected chi connectivity index (χ1v) is 15.8. The molecule has 0 radical (unpaired) electrons. The highest BCUT2D eigenvalue weighted by Gasteiger charge is 2.47. The molecule has 4 amide bonds. The molecular weight excluding hydrogens is 600 g/mol. The molecule has 2 aliphatic rings. The van der Waals surface area contributed by atoms with Gasteiger partial charge in [0, 0.05) is 17.8 Å². The Morgan fingerprint density at radius 2 is 1.70 bits per heavy atom. The van der Waals surface area contributed by atoms with Gasteiger partial charge in [0.1, 0.15) is 5.92 Å². The molecule has 1 saturated heterocycles. The van der Waals surface area contributed by atoms with E-state index in [0.29, 0.717) is 29.9 Å². The second-order valence-electron chi connectivity index (χ2n) is 11.7. The van der Waals surface area contributed by atoms with Gasteiger partial charge >= 0.3 is 0 Å². The standard InChI is InChI=1S/C36H38N4O7/c1-4-23(5-2)33(34(43)32-21(3)35(44)40-36(32)45)39-31(42)19-27(25-13-11-24(12-14-25)26-8-6-7-17-37-26)38-30(41)16-10-22-9-15-28-29(18-22)47-20-46-28/h6-18,21,23,27,32-33H,4-5,19-20H2,1-3H3,(H,38,41)(H,39,42)(H,40,44,45)/b16-10+/t21-,27?,32+,33?/m0/s1. The van der Waals surface area contributed by atoms with E-state index in [-0.39, 0.29) is 19.1 Å². The van der Waals surface area contributed by atoms with Gasteiger partial charge in [-0.2, -0.15) is 0 Å². The third-order valence-corrected chi connectivity index (χ3v) is 8.70. The summed E-state index contributed by atoms with van der Waals surface area (Å²) in [5, 5.41) is 8.01. The third kappa shape index (κ3) is 7.74. The predicted molar refractivity (Wildman–Crippen MR) is 174 cm³/mol. The van der Waals surface area contributed by atoms with Gasteiger partial charge in [0.2, 0.25) is 30.4 Å². The molecule has 4 atom stereocenters. The Bertz CT molecular complexity index is 1670. The Morgan fingerprint density at radius 3 is 2.36 bits per heavy atom. The zero-order valence-corrected chi connectivity index (χ0v) is 26.5. The number of hydrogen-bond acceptors (Lipinski definition) is 8. The van der Waals surface area contributed by atoms with Gasteiger partial charge in [-0.1, -0.05) is 70.0 Å². The number of ketones is 1. The van der Waals surface area contributed by atoms with Crippen LogP contribution in [0.3, 0.4) is 0 Å². The van der Waals surface area contributed by atoms with Crippen LogP contribution in [0.5, 0.6) is 11.5 Å². The van der Waals surface area contributed by atoms with Crippen LogP contribution in [-0.4, -0.2) is 47.2 Å². The van der Waals surface area contributed by atoms with Gasteiger partial charge in [0.05, 0.1) is 30.1 Å². The van der Waals surface area contributed by atoms with E-state index in [1.54, 1.807) is 30.5 Å². The van der Waals surface area contributed by atoms with Gasteiger partial charge in [0.15, 0.2) is 17.3 Å². The summed E-state index contributed by atoms with van der Waals surface area (Å²) in [5.41, 5.74) is 3.04. The maximum atomic E-state index is 13.7. The van der Waals surface area contributed by atoms with E-state index in [4.69, 9.17) is 9.47 Å². The molecule has 2 aromatic carbocycles. The molecule has 1 aromatic heterocycles. The molecule has 2 aliphatic heterocycles. The number of fused-ring (bicyclic) bond motifs is 1. The summed E-state index contributed by atoms with van der Waals surface area (Å²) < 4.78 is 10.8. The fourth-order valence-electron chi connectivity index (χ4n) is 5.94. The number of ether oxygens (including phenoxy) is 2. The number of carbonyl (C=O) groups excluding carboxylic acids is 5. The number of nitrogens with one attached hydrogen (secondary N) is 3. The topological polar surface area (TPSA) is 153 Å². The van der Waals surface area contributed by atoms with E-state index in [2.05, 4.69) is 20.9 Å². The van der Waals surface area contributed by atoms with Crippen molar-refractivity contribution in [3.63, 3.8) is 0 Å². The van der Waals surface area contributed by atoms with Crippen molar-refractivity contribution in [2.45, 2.75) is 52.1 Å². The Hall–Kier alpha value is -5.32. The van der Waals surface area contributed by atoms with E-state index in [1.165, 1.54) is 13.0 Å². The molecule has 2 unspecified atom stereocenters.